The Hall–Kier alpha value is -1.99. The molecule has 1 saturated carbocycles. The minimum Gasteiger partial charge on any atom is -0.484 e. The molecule has 0 aliphatic heterocycles. The molecule has 116 valence electrons. The van der Waals surface area contributed by atoms with Crippen LogP contribution in [0.5, 0.6) is 5.75 Å². The van der Waals surface area contributed by atoms with Gasteiger partial charge in [0.25, 0.3) is 0 Å². The zero-order chi connectivity index (χ0) is 15.8. The SMILES string of the molecule is CC(C)Oc1cc(NC2(C(F)(F)F)CC2)ccc1[N+](=O)[O-]. The molecular weight excluding hydrogens is 289 g/mol. The van der Waals surface area contributed by atoms with Gasteiger partial charge in [-0.25, -0.2) is 0 Å². The van der Waals surface area contributed by atoms with Crippen molar-refractivity contribution in [2.45, 2.75) is 44.5 Å². The van der Waals surface area contributed by atoms with Gasteiger partial charge in [0.2, 0.25) is 0 Å². The molecule has 0 saturated heterocycles. The van der Waals surface area contributed by atoms with Crippen molar-refractivity contribution >= 4 is 11.4 Å². The Bertz CT molecular complexity index is 554. The summed E-state index contributed by atoms with van der Waals surface area (Å²) < 4.78 is 44.0. The molecule has 0 aromatic heterocycles. The van der Waals surface area contributed by atoms with E-state index in [-0.39, 0.29) is 36.1 Å². The summed E-state index contributed by atoms with van der Waals surface area (Å²) >= 11 is 0. The molecule has 0 heterocycles. The fraction of sp³-hybridized carbons (Fsp3) is 0.538. The minimum atomic E-state index is -4.35. The number of anilines is 1. The number of benzene rings is 1. The van der Waals surface area contributed by atoms with Crippen LogP contribution in [0.25, 0.3) is 0 Å². The Morgan fingerprint density at radius 1 is 1.38 bits per heavy atom. The third kappa shape index (κ3) is 3.20. The second-order valence-electron chi connectivity index (χ2n) is 5.31. The van der Waals surface area contributed by atoms with Gasteiger partial charge in [-0.1, -0.05) is 0 Å². The van der Waals surface area contributed by atoms with Crippen LogP contribution in [0.1, 0.15) is 26.7 Å². The molecule has 1 aromatic carbocycles. The molecule has 1 aliphatic rings. The van der Waals surface area contributed by atoms with Crippen LogP contribution in [0.2, 0.25) is 0 Å². The highest BCUT2D eigenvalue weighted by Gasteiger charge is 2.63. The monoisotopic (exact) mass is 304 g/mol. The maximum Gasteiger partial charge on any atom is 0.411 e. The number of nitro groups is 1. The summed E-state index contributed by atoms with van der Waals surface area (Å²) in [4.78, 5) is 10.3. The van der Waals surface area contributed by atoms with E-state index in [2.05, 4.69) is 5.32 Å². The third-order valence-electron chi connectivity index (χ3n) is 3.20. The number of alkyl halides is 3. The van der Waals surface area contributed by atoms with Crippen molar-refractivity contribution in [1.29, 1.82) is 0 Å². The summed E-state index contributed by atoms with van der Waals surface area (Å²) in [5.74, 6) is -0.0435. The Labute approximate surface area is 119 Å². The Morgan fingerprint density at radius 3 is 2.43 bits per heavy atom. The topological polar surface area (TPSA) is 64.4 Å². The highest BCUT2D eigenvalue weighted by molar-refractivity contribution is 5.60. The van der Waals surface area contributed by atoms with Crippen molar-refractivity contribution in [1.82, 2.24) is 0 Å². The molecule has 1 fully saturated rings. The van der Waals surface area contributed by atoms with Gasteiger partial charge < -0.3 is 10.1 Å². The summed E-state index contributed by atoms with van der Waals surface area (Å²) in [5, 5.41) is 13.3. The Balaban J connectivity index is 2.28. The number of nitrogens with one attached hydrogen (secondary N) is 1. The second-order valence-corrected chi connectivity index (χ2v) is 5.31. The van der Waals surface area contributed by atoms with Crippen LogP contribution in [-0.2, 0) is 0 Å². The average Bonchev–Trinajstić information content (AvgIpc) is 3.08. The molecule has 8 heteroatoms. The lowest BCUT2D eigenvalue weighted by Crippen LogP contribution is -2.38. The van der Waals surface area contributed by atoms with Crippen molar-refractivity contribution in [3.63, 3.8) is 0 Å². The number of nitro benzene ring substituents is 1. The first-order chi connectivity index (χ1) is 9.64. The Kier molecular flexibility index (Phi) is 3.73. The van der Waals surface area contributed by atoms with E-state index >= 15 is 0 Å². The van der Waals surface area contributed by atoms with Gasteiger partial charge in [-0.05, 0) is 32.8 Å². The third-order valence-corrected chi connectivity index (χ3v) is 3.20. The summed E-state index contributed by atoms with van der Waals surface area (Å²) in [6.45, 7) is 3.36. The fourth-order valence-corrected chi connectivity index (χ4v) is 1.97. The average molecular weight is 304 g/mol. The summed E-state index contributed by atoms with van der Waals surface area (Å²) in [5.41, 5.74) is -2.03. The zero-order valence-electron chi connectivity index (χ0n) is 11.5. The molecule has 0 radical (unpaired) electrons. The van der Waals surface area contributed by atoms with Crippen LogP contribution < -0.4 is 10.1 Å². The molecule has 21 heavy (non-hydrogen) atoms. The molecule has 0 atom stereocenters. The number of nitrogens with zero attached hydrogens (tertiary/aromatic N) is 1. The molecule has 0 spiro atoms. The smallest absolute Gasteiger partial charge is 0.411 e. The molecule has 1 aliphatic carbocycles. The highest BCUT2D eigenvalue weighted by atomic mass is 19.4. The van der Waals surface area contributed by atoms with Gasteiger partial charge in [0.1, 0.15) is 5.54 Å². The van der Waals surface area contributed by atoms with Crippen molar-refractivity contribution < 1.29 is 22.8 Å². The number of hydrogen-bond donors (Lipinski definition) is 1. The first-order valence-electron chi connectivity index (χ1n) is 6.45. The van der Waals surface area contributed by atoms with Gasteiger partial charge in [-0.2, -0.15) is 13.2 Å². The lowest BCUT2D eigenvalue weighted by Gasteiger charge is -2.22. The van der Waals surface area contributed by atoms with Crippen LogP contribution in [0, 0.1) is 10.1 Å². The van der Waals surface area contributed by atoms with Gasteiger partial charge >= 0.3 is 11.9 Å². The van der Waals surface area contributed by atoms with Gasteiger partial charge in [-0.3, -0.25) is 10.1 Å². The van der Waals surface area contributed by atoms with Crippen LogP contribution in [0.15, 0.2) is 18.2 Å². The van der Waals surface area contributed by atoms with Crippen molar-refractivity contribution in [3.05, 3.63) is 28.3 Å². The predicted octanol–water partition coefficient (Wildman–Crippen LogP) is 3.89. The van der Waals surface area contributed by atoms with Crippen LogP contribution in [0.3, 0.4) is 0 Å². The molecule has 0 unspecified atom stereocenters. The molecule has 0 bridgehead atoms. The summed E-state index contributed by atoms with van der Waals surface area (Å²) in [7, 11) is 0. The molecular formula is C13H15F3N2O3. The van der Waals surface area contributed by atoms with Gasteiger partial charge in [0.15, 0.2) is 5.75 Å². The lowest BCUT2D eigenvalue weighted by atomic mass is 10.2. The zero-order valence-corrected chi connectivity index (χ0v) is 11.5. The second kappa shape index (κ2) is 5.09. The van der Waals surface area contributed by atoms with Gasteiger partial charge in [-0.15, -0.1) is 0 Å². The predicted molar refractivity (Wildman–Crippen MR) is 70.5 cm³/mol. The number of hydrogen-bond acceptors (Lipinski definition) is 4. The standard InChI is InChI=1S/C13H15F3N2O3/c1-8(2)21-11-7-9(3-4-10(11)18(19)20)17-12(5-6-12)13(14,15)16/h3-4,7-8,17H,5-6H2,1-2H3. The quantitative estimate of drug-likeness (QED) is 0.662. The van der Waals surface area contributed by atoms with E-state index in [1.54, 1.807) is 13.8 Å². The van der Waals surface area contributed by atoms with E-state index in [4.69, 9.17) is 4.74 Å². The molecule has 1 N–H and O–H groups in total. The summed E-state index contributed by atoms with van der Waals surface area (Å²) in [6, 6.07) is 3.65. The first kappa shape index (κ1) is 15.4. The van der Waals surface area contributed by atoms with E-state index in [1.807, 2.05) is 0 Å². The molecule has 1 aromatic rings. The first-order valence-corrected chi connectivity index (χ1v) is 6.45. The van der Waals surface area contributed by atoms with E-state index in [0.29, 0.717) is 0 Å². The van der Waals surface area contributed by atoms with Gasteiger partial charge in [0.05, 0.1) is 11.0 Å². The molecule has 5 nitrogen and oxygen atoms in total. The van der Waals surface area contributed by atoms with Crippen LogP contribution >= 0.6 is 0 Å². The minimum absolute atomic E-state index is 0.00609. The van der Waals surface area contributed by atoms with E-state index in [0.717, 1.165) is 6.07 Å². The number of halogens is 3. The van der Waals surface area contributed by atoms with Crippen LogP contribution in [-0.4, -0.2) is 22.7 Å². The summed E-state index contributed by atoms with van der Waals surface area (Å²) in [6.07, 6.45) is -4.69. The van der Waals surface area contributed by atoms with Crippen molar-refractivity contribution in [2.24, 2.45) is 0 Å². The fourth-order valence-electron chi connectivity index (χ4n) is 1.97. The normalized spacial score (nSPS) is 16.7. The maximum atomic E-state index is 12.9. The lowest BCUT2D eigenvalue weighted by molar-refractivity contribution is -0.386. The number of ether oxygens (including phenoxy) is 1. The molecule has 2 rings (SSSR count). The van der Waals surface area contributed by atoms with Crippen LogP contribution in [0.4, 0.5) is 24.5 Å². The largest absolute Gasteiger partial charge is 0.484 e. The van der Waals surface area contributed by atoms with Gasteiger partial charge in [0, 0.05) is 17.8 Å². The van der Waals surface area contributed by atoms with E-state index in [9.17, 15) is 23.3 Å². The van der Waals surface area contributed by atoms with Crippen molar-refractivity contribution in [3.8, 4) is 5.75 Å². The highest BCUT2D eigenvalue weighted by Crippen LogP contribution is 2.51. The van der Waals surface area contributed by atoms with E-state index < -0.39 is 16.6 Å². The molecule has 0 amide bonds. The van der Waals surface area contributed by atoms with Crippen molar-refractivity contribution in [2.75, 3.05) is 5.32 Å². The maximum absolute atomic E-state index is 12.9. The number of rotatable bonds is 5. The Morgan fingerprint density at radius 2 is 2.00 bits per heavy atom. The van der Waals surface area contributed by atoms with E-state index in [1.165, 1.54) is 12.1 Å².